The number of nitrogens with zero attached hydrogens (tertiary/aromatic N) is 2. The van der Waals surface area contributed by atoms with Crippen LogP contribution in [0, 0.1) is 6.92 Å². The number of aromatic nitrogens is 2. The molecule has 0 bridgehead atoms. The standard InChI is InChI=1S/C22H22ClN3O4/c1-4-29-15-10-11-20(30-5-2)17(13-15)24-22(28)21-19(27)12-14(3)26(25-21)18-9-7-6-8-16(18)23/h6-13H,4-5H2,1-3H3,(H,24,28). The monoisotopic (exact) mass is 427 g/mol. The Morgan fingerprint density at radius 2 is 1.83 bits per heavy atom. The molecule has 0 atom stereocenters. The number of hydrogen-bond donors (Lipinski definition) is 1. The molecule has 1 aromatic heterocycles. The van der Waals surface area contributed by atoms with Gasteiger partial charge >= 0.3 is 0 Å². The Balaban J connectivity index is 2.00. The van der Waals surface area contributed by atoms with E-state index in [1.807, 2.05) is 13.8 Å². The van der Waals surface area contributed by atoms with Crippen molar-refractivity contribution < 1.29 is 14.3 Å². The van der Waals surface area contributed by atoms with Gasteiger partial charge < -0.3 is 14.8 Å². The van der Waals surface area contributed by atoms with Crippen molar-refractivity contribution in [1.29, 1.82) is 0 Å². The van der Waals surface area contributed by atoms with Crippen LogP contribution in [0.5, 0.6) is 11.5 Å². The summed E-state index contributed by atoms with van der Waals surface area (Å²) in [4.78, 5) is 25.4. The van der Waals surface area contributed by atoms with Gasteiger partial charge in [-0.2, -0.15) is 5.10 Å². The van der Waals surface area contributed by atoms with Crippen molar-refractivity contribution >= 4 is 23.2 Å². The van der Waals surface area contributed by atoms with Crippen LogP contribution in [-0.2, 0) is 0 Å². The number of nitrogens with one attached hydrogen (secondary N) is 1. The highest BCUT2D eigenvalue weighted by atomic mass is 35.5. The molecule has 2 aromatic carbocycles. The van der Waals surface area contributed by atoms with E-state index in [0.717, 1.165) is 0 Å². The third kappa shape index (κ3) is 4.63. The van der Waals surface area contributed by atoms with E-state index in [9.17, 15) is 9.59 Å². The molecule has 156 valence electrons. The minimum Gasteiger partial charge on any atom is -0.494 e. The van der Waals surface area contributed by atoms with E-state index in [2.05, 4.69) is 10.4 Å². The number of benzene rings is 2. The van der Waals surface area contributed by atoms with Gasteiger partial charge in [-0.15, -0.1) is 0 Å². The van der Waals surface area contributed by atoms with Gasteiger partial charge in [0.25, 0.3) is 5.91 Å². The van der Waals surface area contributed by atoms with E-state index in [-0.39, 0.29) is 5.69 Å². The maximum Gasteiger partial charge on any atom is 0.280 e. The average Bonchev–Trinajstić information content (AvgIpc) is 2.71. The number of para-hydroxylation sites is 1. The van der Waals surface area contributed by atoms with Crippen molar-refractivity contribution in [1.82, 2.24) is 9.78 Å². The van der Waals surface area contributed by atoms with Gasteiger partial charge in [0.2, 0.25) is 5.43 Å². The Hall–Kier alpha value is -3.32. The summed E-state index contributed by atoms with van der Waals surface area (Å²) in [5, 5.41) is 7.43. The first-order valence-electron chi connectivity index (χ1n) is 9.51. The fourth-order valence-electron chi connectivity index (χ4n) is 2.90. The summed E-state index contributed by atoms with van der Waals surface area (Å²) in [7, 11) is 0. The molecule has 30 heavy (non-hydrogen) atoms. The van der Waals surface area contributed by atoms with Crippen LogP contribution in [0.25, 0.3) is 5.69 Å². The molecule has 1 heterocycles. The van der Waals surface area contributed by atoms with Gasteiger partial charge in [-0.3, -0.25) is 9.59 Å². The molecular formula is C22H22ClN3O4. The van der Waals surface area contributed by atoms with Crippen LogP contribution < -0.4 is 20.2 Å². The van der Waals surface area contributed by atoms with E-state index in [1.165, 1.54) is 10.7 Å². The zero-order valence-electron chi connectivity index (χ0n) is 16.9. The average molecular weight is 428 g/mol. The molecule has 0 aliphatic rings. The highest BCUT2D eigenvalue weighted by Gasteiger charge is 2.18. The van der Waals surface area contributed by atoms with Crippen LogP contribution in [0.15, 0.2) is 53.3 Å². The van der Waals surface area contributed by atoms with Crippen LogP contribution in [-0.4, -0.2) is 28.9 Å². The molecule has 0 saturated carbocycles. The molecule has 0 saturated heterocycles. The Morgan fingerprint density at radius 3 is 2.53 bits per heavy atom. The molecule has 3 rings (SSSR count). The summed E-state index contributed by atoms with van der Waals surface area (Å²) in [5.41, 5.74) is 0.757. The number of ether oxygens (including phenoxy) is 2. The maximum absolute atomic E-state index is 12.9. The highest BCUT2D eigenvalue weighted by molar-refractivity contribution is 6.32. The quantitative estimate of drug-likeness (QED) is 0.609. The van der Waals surface area contributed by atoms with E-state index in [0.29, 0.717) is 46.8 Å². The Labute approximate surface area is 179 Å². The fraction of sp³-hybridized carbons (Fsp3) is 0.227. The lowest BCUT2D eigenvalue weighted by Crippen LogP contribution is -2.27. The maximum atomic E-state index is 12.9. The molecule has 1 amide bonds. The normalized spacial score (nSPS) is 10.5. The molecule has 0 aliphatic heterocycles. The van der Waals surface area contributed by atoms with Gasteiger partial charge in [0.05, 0.1) is 29.6 Å². The van der Waals surface area contributed by atoms with E-state index < -0.39 is 11.3 Å². The molecule has 3 aromatic rings. The van der Waals surface area contributed by atoms with Gasteiger partial charge in [-0.25, -0.2) is 4.68 Å². The van der Waals surface area contributed by atoms with Crippen LogP contribution in [0.4, 0.5) is 5.69 Å². The number of anilines is 1. The minimum atomic E-state index is -0.657. The fourth-order valence-corrected chi connectivity index (χ4v) is 3.11. The molecule has 0 radical (unpaired) electrons. The van der Waals surface area contributed by atoms with Gasteiger partial charge in [0.1, 0.15) is 11.5 Å². The molecule has 8 heteroatoms. The number of amides is 1. The Kier molecular flexibility index (Phi) is 6.74. The number of carbonyl (C=O) groups excluding carboxylic acids is 1. The van der Waals surface area contributed by atoms with E-state index in [1.54, 1.807) is 49.4 Å². The topological polar surface area (TPSA) is 82.4 Å². The van der Waals surface area contributed by atoms with Crippen molar-refractivity contribution in [2.75, 3.05) is 18.5 Å². The molecule has 7 nitrogen and oxygen atoms in total. The van der Waals surface area contributed by atoms with E-state index >= 15 is 0 Å². The minimum absolute atomic E-state index is 0.259. The summed E-state index contributed by atoms with van der Waals surface area (Å²) in [6, 6.07) is 13.5. The smallest absolute Gasteiger partial charge is 0.280 e. The largest absolute Gasteiger partial charge is 0.494 e. The summed E-state index contributed by atoms with van der Waals surface area (Å²) < 4.78 is 12.5. The second-order valence-electron chi connectivity index (χ2n) is 6.34. The SMILES string of the molecule is CCOc1ccc(OCC)c(NC(=O)c2nn(-c3ccccc3Cl)c(C)cc2=O)c1. The van der Waals surface area contributed by atoms with Gasteiger partial charge in [-0.05, 0) is 45.0 Å². The first-order valence-corrected chi connectivity index (χ1v) is 9.89. The lowest BCUT2D eigenvalue weighted by Gasteiger charge is -2.15. The second-order valence-corrected chi connectivity index (χ2v) is 6.75. The van der Waals surface area contributed by atoms with Crippen molar-refractivity contribution in [3.8, 4) is 17.2 Å². The van der Waals surface area contributed by atoms with Crippen molar-refractivity contribution in [2.24, 2.45) is 0 Å². The van der Waals surface area contributed by atoms with Crippen LogP contribution in [0.2, 0.25) is 5.02 Å². The summed E-state index contributed by atoms with van der Waals surface area (Å²) in [5.74, 6) is 0.379. The van der Waals surface area contributed by atoms with Crippen LogP contribution in [0.1, 0.15) is 30.0 Å². The summed E-state index contributed by atoms with van der Waals surface area (Å²) >= 11 is 6.26. The zero-order chi connectivity index (χ0) is 21.7. The number of halogens is 1. The van der Waals surface area contributed by atoms with Gasteiger partial charge in [0.15, 0.2) is 5.69 Å². The number of carbonyl (C=O) groups is 1. The van der Waals surface area contributed by atoms with E-state index in [4.69, 9.17) is 21.1 Å². The first-order chi connectivity index (χ1) is 14.4. The number of hydrogen-bond acceptors (Lipinski definition) is 5. The third-order valence-electron chi connectivity index (χ3n) is 4.21. The molecular weight excluding hydrogens is 406 g/mol. The third-order valence-corrected chi connectivity index (χ3v) is 4.53. The Bertz CT molecular complexity index is 1130. The number of rotatable bonds is 7. The van der Waals surface area contributed by atoms with Crippen LogP contribution in [0.3, 0.4) is 0 Å². The zero-order valence-corrected chi connectivity index (χ0v) is 17.7. The van der Waals surface area contributed by atoms with Crippen molar-refractivity contribution in [2.45, 2.75) is 20.8 Å². The predicted molar refractivity (Wildman–Crippen MR) is 116 cm³/mol. The van der Waals surface area contributed by atoms with Gasteiger partial charge in [0, 0.05) is 17.8 Å². The summed E-state index contributed by atoms with van der Waals surface area (Å²) in [6.07, 6.45) is 0. The molecule has 1 N–H and O–H groups in total. The first kappa shape index (κ1) is 21.4. The number of aryl methyl sites for hydroxylation is 1. The van der Waals surface area contributed by atoms with Crippen LogP contribution >= 0.6 is 11.6 Å². The molecule has 0 fully saturated rings. The Morgan fingerprint density at radius 1 is 1.10 bits per heavy atom. The second kappa shape index (κ2) is 9.45. The predicted octanol–water partition coefficient (Wildman–Crippen LogP) is 4.24. The lowest BCUT2D eigenvalue weighted by atomic mass is 10.2. The molecule has 0 spiro atoms. The molecule has 0 aliphatic carbocycles. The van der Waals surface area contributed by atoms with Gasteiger partial charge in [-0.1, -0.05) is 23.7 Å². The summed E-state index contributed by atoms with van der Waals surface area (Å²) in [6.45, 7) is 6.31. The lowest BCUT2D eigenvalue weighted by molar-refractivity contribution is 0.101. The van der Waals surface area contributed by atoms with Crippen molar-refractivity contribution in [3.63, 3.8) is 0 Å². The van der Waals surface area contributed by atoms with Crippen molar-refractivity contribution in [3.05, 3.63) is 75.2 Å². The molecule has 0 unspecified atom stereocenters. The highest BCUT2D eigenvalue weighted by Crippen LogP contribution is 2.30.